The van der Waals surface area contributed by atoms with Crippen LogP contribution in [-0.4, -0.2) is 4.57 Å². The maximum absolute atomic E-state index is 2.47. The first-order chi connectivity index (χ1) is 35.7. The molecule has 0 unspecified atom stereocenters. The topological polar surface area (TPSA) is 8.17 Å². The lowest BCUT2D eigenvalue weighted by Gasteiger charge is -2.28. The first-order valence-corrected chi connectivity index (χ1v) is 24.8. The van der Waals surface area contributed by atoms with E-state index in [2.05, 4.69) is 289 Å². The van der Waals surface area contributed by atoms with Crippen molar-refractivity contribution in [3.8, 4) is 50.2 Å². The third kappa shape index (κ3) is 6.80. The zero-order valence-electron chi connectivity index (χ0n) is 39.5. The van der Waals surface area contributed by atoms with Gasteiger partial charge in [0.05, 0.1) is 16.7 Å². The Hall–Kier alpha value is -9.50. The lowest BCUT2D eigenvalue weighted by Crippen LogP contribution is -2.11. The second kappa shape index (κ2) is 17.2. The van der Waals surface area contributed by atoms with Crippen LogP contribution in [0.25, 0.3) is 115 Å². The highest BCUT2D eigenvalue weighted by Gasteiger charge is 2.22. The molecule has 0 aliphatic heterocycles. The van der Waals surface area contributed by atoms with E-state index in [-0.39, 0.29) is 0 Å². The molecule has 0 fully saturated rings. The Morgan fingerprint density at radius 1 is 0.264 bits per heavy atom. The van der Waals surface area contributed by atoms with Crippen LogP contribution in [0.2, 0.25) is 0 Å². The molecule has 0 radical (unpaired) electrons. The van der Waals surface area contributed by atoms with Crippen LogP contribution in [-0.2, 0) is 0 Å². The molecule has 0 saturated heterocycles. The molecule has 1 heterocycles. The molecule has 0 bridgehead atoms. The average Bonchev–Trinajstić information content (AvgIpc) is 3.80. The lowest BCUT2D eigenvalue weighted by atomic mass is 9.84. The van der Waals surface area contributed by atoms with E-state index in [0.717, 1.165) is 39.4 Å². The van der Waals surface area contributed by atoms with Crippen LogP contribution in [0.3, 0.4) is 0 Å². The van der Waals surface area contributed by atoms with Crippen LogP contribution in [0.15, 0.2) is 279 Å². The number of nitrogens with zero attached hydrogens (tertiary/aromatic N) is 2. The summed E-state index contributed by atoms with van der Waals surface area (Å²) in [5.41, 5.74) is 16.3. The Balaban J connectivity index is 0.992. The second-order valence-corrected chi connectivity index (χ2v) is 18.8. The largest absolute Gasteiger partial charge is 0.310 e. The minimum Gasteiger partial charge on any atom is -0.310 e. The summed E-state index contributed by atoms with van der Waals surface area (Å²) in [5, 5.41) is 12.3. The van der Waals surface area contributed by atoms with Crippen LogP contribution < -0.4 is 4.90 Å². The number of para-hydroxylation sites is 3. The predicted octanol–water partition coefficient (Wildman–Crippen LogP) is 19.5. The third-order valence-corrected chi connectivity index (χ3v) is 14.7. The normalized spacial score (nSPS) is 11.6. The highest BCUT2D eigenvalue weighted by atomic mass is 15.1. The van der Waals surface area contributed by atoms with Gasteiger partial charge in [-0.1, -0.05) is 224 Å². The standard InChI is InChI=1S/C70H46N2/c1-4-21-48(22-5-1)68-63-34-13-12-32-59(63)60-42-41-51(46-65(60)69(68)49-23-6-2-7-24-49)50-25-16-29-54(44-50)71(66-39-19-36-58-56-31-11-10-20-47(56)40-43-62(58)66)55-30-17-26-52(45-55)57-35-18-37-64-61-33-14-15-38-67(61)72(70(57)64)53-27-8-3-9-28-53/h1-46H. The molecule has 13 aromatic carbocycles. The third-order valence-electron chi connectivity index (χ3n) is 14.7. The summed E-state index contributed by atoms with van der Waals surface area (Å²) in [7, 11) is 0. The van der Waals surface area contributed by atoms with E-state index in [9.17, 15) is 0 Å². The summed E-state index contributed by atoms with van der Waals surface area (Å²) in [6.07, 6.45) is 0. The van der Waals surface area contributed by atoms with Crippen LogP contribution in [0, 0.1) is 0 Å². The monoisotopic (exact) mass is 914 g/mol. The van der Waals surface area contributed by atoms with Gasteiger partial charge in [0.15, 0.2) is 0 Å². The minimum atomic E-state index is 1.08. The van der Waals surface area contributed by atoms with Crippen LogP contribution in [0.1, 0.15) is 0 Å². The summed E-state index contributed by atoms with van der Waals surface area (Å²) < 4.78 is 2.43. The smallest absolute Gasteiger partial charge is 0.0619 e. The van der Waals surface area contributed by atoms with Crippen molar-refractivity contribution >= 4 is 82.0 Å². The molecule has 0 amide bonds. The fourth-order valence-corrected chi connectivity index (χ4v) is 11.6. The number of hydrogen-bond acceptors (Lipinski definition) is 1. The van der Waals surface area contributed by atoms with E-state index in [1.165, 1.54) is 92.7 Å². The predicted molar refractivity (Wildman–Crippen MR) is 307 cm³/mol. The molecule has 2 nitrogen and oxygen atoms in total. The zero-order chi connectivity index (χ0) is 47.5. The fraction of sp³-hybridized carbons (Fsp3) is 0. The molecule has 1 aromatic heterocycles. The van der Waals surface area contributed by atoms with Gasteiger partial charge in [-0.25, -0.2) is 0 Å². The van der Waals surface area contributed by atoms with Crippen molar-refractivity contribution in [1.29, 1.82) is 0 Å². The maximum Gasteiger partial charge on any atom is 0.0619 e. The first kappa shape index (κ1) is 41.5. The van der Waals surface area contributed by atoms with Crippen molar-refractivity contribution in [2.24, 2.45) is 0 Å². The number of hydrogen-bond donors (Lipinski definition) is 0. The van der Waals surface area contributed by atoms with Gasteiger partial charge < -0.3 is 9.47 Å². The molecule has 0 saturated carbocycles. The van der Waals surface area contributed by atoms with E-state index in [1.54, 1.807) is 0 Å². The molecule has 0 aliphatic carbocycles. The van der Waals surface area contributed by atoms with Gasteiger partial charge in [-0.3, -0.25) is 0 Å². The molecule has 0 aliphatic rings. The Labute approximate surface area is 418 Å². The quantitative estimate of drug-likeness (QED) is 0.138. The molecule has 336 valence electrons. The maximum atomic E-state index is 2.47. The Bertz CT molecular complexity index is 4380. The Morgan fingerprint density at radius 2 is 0.764 bits per heavy atom. The highest BCUT2D eigenvalue weighted by molar-refractivity contribution is 6.22. The second-order valence-electron chi connectivity index (χ2n) is 18.8. The van der Waals surface area contributed by atoms with E-state index >= 15 is 0 Å². The van der Waals surface area contributed by atoms with Gasteiger partial charge >= 0.3 is 0 Å². The molecule has 72 heavy (non-hydrogen) atoms. The van der Waals surface area contributed by atoms with E-state index in [1.807, 2.05) is 0 Å². The van der Waals surface area contributed by atoms with Gasteiger partial charge in [-0.2, -0.15) is 0 Å². The molecular formula is C70H46N2. The van der Waals surface area contributed by atoms with Crippen molar-refractivity contribution < 1.29 is 0 Å². The van der Waals surface area contributed by atoms with Gasteiger partial charge in [-0.15, -0.1) is 0 Å². The van der Waals surface area contributed by atoms with Gasteiger partial charge in [0.1, 0.15) is 0 Å². The van der Waals surface area contributed by atoms with Crippen LogP contribution >= 0.6 is 0 Å². The average molecular weight is 915 g/mol. The van der Waals surface area contributed by atoms with Crippen molar-refractivity contribution in [3.05, 3.63) is 279 Å². The number of aromatic nitrogens is 1. The van der Waals surface area contributed by atoms with Gasteiger partial charge in [-0.05, 0) is 131 Å². The molecule has 0 spiro atoms. The zero-order valence-corrected chi connectivity index (χ0v) is 39.5. The van der Waals surface area contributed by atoms with E-state index in [0.29, 0.717) is 0 Å². The summed E-state index contributed by atoms with van der Waals surface area (Å²) in [6.45, 7) is 0. The summed E-state index contributed by atoms with van der Waals surface area (Å²) >= 11 is 0. The molecule has 0 atom stereocenters. The minimum absolute atomic E-state index is 1.08. The number of benzene rings is 13. The SMILES string of the molecule is c1ccc(-c2c(-c3ccccc3)c3cc(-c4cccc(N(c5cccc(-c6cccc7c8ccccc8n(-c8ccccc8)c67)c5)c5cccc6c5ccc5ccccc56)c4)ccc3c3ccccc23)cc1. The number of fused-ring (bicyclic) bond motifs is 9. The first-order valence-electron chi connectivity index (χ1n) is 24.8. The van der Waals surface area contributed by atoms with E-state index in [4.69, 9.17) is 0 Å². The molecule has 14 aromatic rings. The molecule has 2 heteroatoms. The number of rotatable bonds is 8. The summed E-state index contributed by atoms with van der Waals surface area (Å²) in [4.78, 5) is 2.47. The van der Waals surface area contributed by atoms with Crippen molar-refractivity contribution in [1.82, 2.24) is 4.57 Å². The van der Waals surface area contributed by atoms with Gasteiger partial charge in [0.25, 0.3) is 0 Å². The van der Waals surface area contributed by atoms with Gasteiger partial charge in [0, 0.05) is 38.8 Å². The Morgan fingerprint density at radius 3 is 1.53 bits per heavy atom. The fourth-order valence-electron chi connectivity index (χ4n) is 11.6. The summed E-state index contributed by atoms with van der Waals surface area (Å²) in [5.74, 6) is 0. The van der Waals surface area contributed by atoms with Crippen molar-refractivity contribution in [3.63, 3.8) is 0 Å². The van der Waals surface area contributed by atoms with Crippen molar-refractivity contribution in [2.75, 3.05) is 4.90 Å². The molecule has 14 rings (SSSR count). The van der Waals surface area contributed by atoms with E-state index < -0.39 is 0 Å². The van der Waals surface area contributed by atoms with Crippen LogP contribution in [0.4, 0.5) is 17.1 Å². The number of anilines is 3. The molecule has 0 N–H and O–H groups in total. The highest BCUT2D eigenvalue weighted by Crippen LogP contribution is 2.48. The van der Waals surface area contributed by atoms with Crippen LogP contribution in [0.5, 0.6) is 0 Å². The Kier molecular flexibility index (Phi) is 9.89. The van der Waals surface area contributed by atoms with Gasteiger partial charge in [0.2, 0.25) is 0 Å². The molecular weight excluding hydrogens is 869 g/mol. The lowest BCUT2D eigenvalue weighted by molar-refractivity contribution is 1.18. The van der Waals surface area contributed by atoms with Crippen molar-refractivity contribution in [2.45, 2.75) is 0 Å². The summed E-state index contributed by atoms with van der Waals surface area (Å²) in [6, 6.07) is 102.